The smallest absolute Gasteiger partial charge is 0.235 e. The normalized spacial score (nSPS) is 11.3. The van der Waals surface area contributed by atoms with E-state index in [1.165, 1.54) is 6.20 Å². The van der Waals surface area contributed by atoms with Gasteiger partial charge in [-0.15, -0.1) is 0 Å². The van der Waals surface area contributed by atoms with Crippen molar-refractivity contribution in [1.29, 1.82) is 0 Å². The zero-order chi connectivity index (χ0) is 11.3. The minimum absolute atomic E-state index is 0.0290. The van der Waals surface area contributed by atoms with E-state index in [1.54, 1.807) is 19.2 Å². The third-order valence-electron chi connectivity index (χ3n) is 1.61. The summed E-state index contributed by atoms with van der Waals surface area (Å²) in [6, 6.07) is 3.32. The molecule has 0 aliphatic heterocycles. The van der Waals surface area contributed by atoms with Gasteiger partial charge in [-0.2, -0.15) is 0 Å². The monoisotopic (exact) mass is 293 g/mol. The Kier molecular flexibility index (Phi) is 4.49. The first-order valence-electron chi connectivity index (χ1n) is 4.30. The van der Waals surface area contributed by atoms with Crippen LogP contribution in [-0.4, -0.2) is 32.7 Å². The number of hydrogen-bond acceptors (Lipinski definition) is 4. The van der Waals surface area contributed by atoms with Gasteiger partial charge in [-0.25, -0.2) is 13.4 Å². The van der Waals surface area contributed by atoms with E-state index in [1.807, 2.05) is 0 Å². The number of aromatic nitrogens is 1. The fourth-order valence-corrected chi connectivity index (χ4v) is 2.13. The van der Waals surface area contributed by atoms with E-state index in [0.29, 0.717) is 12.4 Å². The number of rotatable bonds is 5. The lowest BCUT2D eigenvalue weighted by Gasteiger charge is -2.06. The van der Waals surface area contributed by atoms with Crippen molar-refractivity contribution in [3.8, 4) is 0 Å². The summed E-state index contributed by atoms with van der Waals surface area (Å²) in [5, 5.41) is 2.77. The van der Waals surface area contributed by atoms with Crippen LogP contribution in [0.3, 0.4) is 0 Å². The molecular formula is C8H12BrN3O2S. The first-order valence-corrected chi connectivity index (χ1v) is 6.75. The van der Waals surface area contributed by atoms with Crippen LogP contribution in [0.25, 0.3) is 0 Å². The van der Waals surface area contributed by atoms with Crippen molar-refractivity contribution in [3.05, 3.63) is 22.8 Å². The molecule has 1 heterocycles. The Morgan fingerprint density at radius 3 is 2.73 bits per heavy atom. The van der Waals surface area contributed by atoms with Gasteiger partial charge in [0.1, 0.15) is 5.82 Å². The summed E-state index contributed by atoms with van der Waals surface area (Å²) in [5.41, 5.74) is 0. The predicted molar refractivity (Wildman–Crippen MR) is 63.3 cm³/mol. The average Bonchev–Trinajstić information content (AvgIpc) is 2.18. The third-order valence-corrected chi connectivity index (χ3v) is 3.34. The minimum Gasteiger partial charge on any atom is -0.319 e. The highest BCUT2D eigenvalue weighted by atomic mass is 79.9. The van der Waals surface area contributed by atoms with Crippen LogP contribution >= 0.6 is 15.9 Å². The van der Waals surface area contributed by atoms with Gasteiger partial charge in [-0.05, 0) is 35.1 Å². The topological polar surface area (TPSA) is 71.1 Å². The van der Waals surface area contributed by atoms with Crippen LogP contribution in [0.15, 0.2) is 22.8 Å². The summed E-state index contributed by atoms with van der Waals surface area (Å²) >= 11 is 3.22. The fraction of sp³-hybridized carbons (Fsp3) is 0.375. The highest BCUT2D eigenvalue weighted by Crippen LogP contribution is 2.11. The molecule has 5 nitrogen and oxygen atoms in total. The van der Waals surface area contributed by atoms with Crippen molar-refractivity contribution < 1.29 is 8.42 Å². The summed E-state index contributed by atoms with van der Waals surface area (Å²) in [6.07, 6.45) is 1.54. The molecule has 0 aliphatic carbocycles. The van der Waals surface area contributed by atoms with E-state index < -0.39 is 10.0 Å². The Morgan fingerprint density at radius 2 is 2.20 bits per heavy atom. The van der Waals surface area contributed by atoms with E-state index in [-0.39, 0.29) is 5.75 Å². The molecule has 0 aromatic carbocycles. The summed E-state index contributed by atoms with van der Waals surface area (Å²) < 4.78 is 26.1. The molecule has 0 fully saturated rings. The van der Waals surface area contributed by atoms with Gasteiger partial charge < -0.3 is 5.32 Å². The Morgan fingerprint density at radius 1 is 1.47 bits per heavy atom. The van der Waals surface area contributed by atoms with E-state index >= 15 is 0 Å². The van der Waals surface area contributed by atoms with Crippen molar-refractivity contribution in [3.63, 3.8) is 0 Å². The molecule has 1 aromatic heterocycles. The Hall–Kier alpha value is -0.660. The van der Waals surface area contributed by atoms with Crippen LogP contribution < -0.4 is 10.0 Å². The van der Waals surface area contributed by atoms with Gasteiger partial charge in [0.05, 0.1) is 5.75 Å². The molecule has 2 N–H and O–H groups in total. The molecule has 0 saturated heterocycles. The number of anilines is 1. The fourth-order valence-electron chi connectivity index (χ4n) is 0.883. The van der Waals surface area contributed by atoms with Gasteiger partial charge in [-0.3, -0.25) is 4.72 Å². The zero-order valence-corrected chi connectivity index (χ0v) is 10.6. The van der Waals surface area contributed by atoms with Gasteiger partial charge in [0.2, 0.25) is 10.0 Å². The van der Waals surface area contributed by atoms with Gasteiger partial charge in [-0.1, -0.05) is 0 Å². The second kappa shape index (κ2) is 5.43. The van der Waals surface area contributed by atoms with E-state index in [4.69, 9.17) is 0 Å². The molecule has 1 rings (SSSR count). The van der Waals surface area contributed by atoms with Crippen molar-refractivity contribution in [2.24, 2.45) is 0 Å². The highest BCUT2D eigenvalue weighted by molar-refractivity contribution is 9.10. The first-order chi connectivity index (χ1) is 7.03. The van der Waals surface area contributed by atoms with Crippen LogP contribution in [0.4, 0.5) is 5.82 Å². The summed E-state index contributed by atoms with van der Waals surface area (Å²) in [6.45, 7) is 0.409. The van der Waals surface area contributed by atoms with Crippen LogP contribution in [0, 0.1) is 0 Å². The molecule has 0 atom stereocenters. The second-order valence-electron chi connectivity index (χ2n) is 2.89. The van der Waals surface area contributed by atoms with Gasteiger partial charge in [0, 0.05) is 17.2 Å². The summed E-state index contributed by atoms with van der Waals surface area (Å²) in [7, 11) is -1.60. The molecule has 0 bridgehead atoms. The first kappa shape index (κ1) is 12.4. The number of nitrogens with one attached hydrogen (secondary N) is 2. The molecule has 0 aliphatic rings. The Labute approximate surface area is 97.5 Å². The Bertz CT molecular complexity index is 404. The van der Waals surface area contributed by atoms with Gasteiger partial charge >= 0.3 is 0 Å². The summed E-state index contributed by atoms with van der Waals surface area (Å²) in [5.74, 6) is 0.357. The Balaban J connectivity index is 2.65. The van der Waals surface area contributed by atoms with Crippen molar-refractivity contribution in [1.82, 2.24) is 10.3 Å². The molecule has 84 valence electrons. The van der Waals surface area contributed by atoms with Crippen molar-refractivity contribution >= 4 is 31.8 Å². The standard InChI is InChI=1S/C8H12BrN3O2S/c1-10-4-5-15(13,14)12-8-3-2-7(9)6-11-8/h2-3,6,10H,4-5H2,1H3,(H,11,12). The van der Waals surface area contributed by atoms with E-state index in [2.05, 4.69) is 31.0 Å². The van der Waals surface area contributed by atoms with E-state index in [0.717, 1.165) is 4.47 Å². The number of halogens is 1. The molecule has 0 unspecified atom stereocenters. The molecule has 0 radical (unpaired) electrons. The van der Waals surface area contributed by atoms with Gasteiger partial charge in [0.15, 0.2) is 0 Å². The maximum atomic E-state index is 11.4. The summed E-state index contributed by atoms with van der Waals surface area (Å²) in [4.78, 5) is 3.91. The number of hydrogen-bond donors (Lipinski definition) is 2. The second-order valence-corrected chi connectivity index (χ2v) is 5.64. The predicted octanol–water partition coefficient (Wildman–Crippen LogP) is 0.805. The highest BCUT2D eigenvalue weighted by Gasteiger charge is 2.09. The average molecular weight is 294 g/mol. The van der Waals surface area contributed by atoms with Crippen molar-refractivity contribution in [2.75, 3.05) is 24.1 Å². The molecule has 7 heteroatoms. The van der Waals surface area contributed by atoms with Crippen LogP contribution in [0.5, 0.6) is 0 Å². The molecule has 0 saturated carbocycles. The molecule has 0 amide bonds. The maximum absolute atomic E-state index is 11.4. The van der Waals surface area contributed by atoms with Crippen molar-refractivity contribution in [2.45, 2.75) is 0 Å². The third kappa shape index (κ3) is 4.59. The SMILES string of the molecule is CNCCS(=O)(=O)Nc1ccc(Br)cn1. The lowest BCUT2D eigenvalue weighted by Crippen LogP contribution is -2.24. The molecule has 15 heavy (non-hydrogen) atoms. The quantitative estimate of drug-likeness (QED) is 0.843. The number of pyridine rings is 1. The minimum atomic E-state index is -3.30. The van der Waals surface area contributed by atoms with E-state index in [9.17, 15) is 8.42 Å². The molecule has 0 spiro atoms. The number of sulfonamides is 1. The molecular weight excluding hydrogens is 282 g/mol. The lowest BCUT2D eigenvalue weighted by molar-refractivity contribution is 0.598. The van der Waals surface area contributed by atoms with Crippen LogP contribution in [0.1, 0.15) is 0 Å². The van der Waals surface area contributed by atoms with Crippen LogP contribution in [0.2, 0.25) is 0 Å². The zero-order valence-electron chi connectivity index (χ0n) is 8.20. The largest absolute Gasteiger partial charge is 0.319 e. The van der Waals surface area contributed by atoms with Gasteiger partial charge in [0.25, 0.3) is 0 Å². The lowest BCUT2D eigenvalue weighted by atomic mass is 10.5. The number of nitrogens with zero attached hydrogens (tertiary/aromatic N) is 1. The maximum Gasteiger partial charge on any atom is 0.235 e. The molecule has 1 aromatic rings. The van der Waals surface area contributed by atoms with Crippen LogP contribution in [-0.2, 0) is 10.0 Å².